The first-order chi connectivity index (χ1) is 9.13. The Kier molecular flexibility index (Phi) is 4.25. The number of carboxylic acids is 1. The van der Waals surface area contributed by atoms with Gasteiger partial charge in [-0.3, -0.25) is 0 Å². The molecule has 0 saturated carbocycles. The lowest BCUT2D eigenvalue weighted by Gasteiger charge is -2.08. The normalized spacial score (nSPS) is 11.1. The fourth-order valence-electron chi connectivity index (χ4n) is 2.51. The predicted molar refractivity (Wildman–Crippen MR) is 77.8 cm³/mol. The molecule has 2 rings (SSSR count). The lowest BCUT2D eigenvalue weighted by atomic mass is 10.2. The summed E-state index contributed by atoms with van der Waals surface area (Å²) >= 11 is 0. The average Bonchev–Trinajstić information content (AvgIpc) is 2.72. The largest absolute Gasteiger partial charge is 0.477 e. The molecular formula is C16H21NO2. The molecule has 0 fully saturated rings. The number of aromatic carboxylic acids is 1. The molecule has 1 aromatic heterocycles. The number of fused-ring (bicyclic) bond motifs is 1. The van der Waals surface area contributed by atoms with Crippen molar-refractivity contribution < 1.29 is 9.90 Å². The maximum Gasteiger partial charge on any atom is 0.352 e. The Morgan fingerprint density at radius 3 is 2.68 bits per heavy atom. The van der Waals surface area contributed by atoms with E-state index in [0.717, 1.165) is 35.9 Å². The van der Waals surface area contributed by atoms with Gasteiger partial charge in [0.25, 0.3) is 0 Å². The van der Waals surface area contributed by atoms with E-state index in [1.54, 1.807) is 6.07 Å². The smallest absolute Gasteiger partial charge is 0.352 e. The van der Waals surface area contributed by atoms with Crippen LogP contribution in [-0.2, 0) is 6.54 Å². The second-order valence-electron chi connectivity index (χ2n) is 5.11. The second-order valence-corrected chi connectivity index (χ2v) is 5.11. The van der Waals surface area contributed by atoms with Gasteiger partial charge in [0.1, 0.15) is 5.69 Å². The van der Waals surface area contributed by atoms with E-state index in [9.17, 15) is 9.90 Å². The number of carbonyl (C=O) groups is 1. The molecule has 19 heavy (non-hydrogen) atoms. The number of benzene rings is 1. The first-order valence-electron chi connectivity index (χ1n) is 6.96. The van der Waals surface area contributed by atoms with Gasteiger partial charge >= 0.3 is 5.97 Å². The van der Waals surface area contributed by atoms with Crippen LogP contribution < -0.4 is 0 Å². The van der Waals surface area contributed by atoms with Crippen LogP contribution in [0, 0.1) is 6.92 Å². The average molecular weight is 259 g/mol. The monoisotopic (exact) mass is 259 g/mol. The van der Waals surface area contributed by atoms with Gasteiger partial charge < -0.3 is 9.67 Å². The van der Waals surface area contributed by atoms with Crippen molar-refractivity contribution in [1.29, 1.82) is 0 Å². The van der Waals surface area contributed by atoms with Crippen LogP contribution >= 0.6 is 0 Å². The van der Waals surface area contributed by atoms with Crippen LogP contribution in [0.1, 0.15) is 48.7 Å². The van der Waals surface area contributed by atoms with Gasteiger partial charge in [0.15, 0.2) is 0 Å². The molecule has 0 aliphatic rings. The van der Waals surface area contributed by atoms with Crippen molar-refractivity contribution in [2.45, 2.75) is 46.1 Å². The molecule has 3 heteroatoms. The van der Waals surface area contributed by atoms with Crippen molar-refractivity contribution in [3.63, 3.8) is 0 Å². The van der Waals surface area contributed by atoms with Crippen LogP contribution in [0.2, 0.25) is 0 Å². The minimum absolute atomic E-state index is 0.400. The van der Waals surface area contributed by atoms with Gasteiger partial charge in [-0.1, -0.05) is 37.8 Å². The van der Waals surface area contributed by atoms with E-state index in [4.69, 9.17) is 0 Å². The fraction of sp³-hybridized carbons (Fsp3) is 0.438. The van der Waals surface area contributed by atoms with E-state index in [1.807, 2.05) is 29.7 Å². The highest BCUT2D eigenvalue weighted by Crippen LogP contribution is 2.22. The van der Waals surface area contributed by atoms with E-state index in [2.05, 4.69) is 6.92 Å². The fourth-order valence-corrected chi connectivity index (χ4v) is 2.51. The van der Waals surface area contributed by atoms with E-state index in [-0.39, 0.29) is 0 Å². The number of carboxylic acid groups (broad SMARTS) is 1. The number of aryl methyl sites for hydroxylation is 2. The Hall–Kier alpha value is -1.77. The van der Waals surface area contributed by atoms with Crippen LogP contribution in [-0.4, -0.2) is 15.6 Å². The summed E-state index contributed by atoms with van der Waals surface area (Å²) in [4.78, 5) is 11.3. The predicted octanol–water partition coefficient (Wildman–Crippen LogP) is 4.23. The summed E-state index contributed by atoms with van der Waals surface area (Å²) in [7, 11) is 0. The zero-order chi connectivity index (χ0) is 13.8. The molecule has 102 valence electrons. The number of rotatable bonds is 6. The molecule has 0 bridgehead atoms. The van der Waals surface area contributed by atoms with Crippen LogP contribution in [0.3, 0.4) is 0 Å². The zero-order valence-electron chi connectivity index (χ0n) is 11.6. The zero-order valence-corrected chi connectivity index (χ0v) is 11.6. The van der Waals surface area contributed by atoms with Gasteiger partial charge in [0, 0.05) is 17.4 Å². The van der Waals surface area contributed by atoms with Crippen molar-refractivity contribution in [3.05, 3.63) is 35.5 Å². The van der Waals surface area contributed by atoms with Gasteiger partial charge in [-0.15, -0.1) is 0 Å². The van der Waals surface area contributed by atoms with Gasteiger partial charge in [-0.05, 0) is 31.5 Å². The van der Waals surface area contributed by atoms with Crippen LogP contribution in [0.25, 0.3) is 10.9 Å². The Labute approximate surface area is 113 Å². The molecule has 0 aliphatic carbocycles. The Morgan fingerprint density at radius 2 is 2.00 bits per heavy atom. The summed E-state index contributed by atoms with van der Waals surface area (Å²) in [6, 6.07) is 7.89. The van der Waals surface area contributed by atoms with E-state index in [0.29, 0.717) is 5.69 Å². The van der Waals surface area contributed by atoms with Crippen molar-refractivity contribution in [2.75, 3.05) is 0 Å². The summed E-state index contributed by atoms with van der Waals surface area (Å²) in [6.07, 6.45) is 4.59. The minimum atomic E-state index is -0.843. The maximum atomic E-state index is 11.3. The third-order valence-electron chi connectivity index (χ3n) is 3.51. The molecular weight excluding hydrogens is 238 g/mol. The Balaban J connectivity index is 2.32. The molecule has 0 amide bonds. The molecule has 0 saturated heterocycles. The summed E-state index contributed by atoms with van der Waals surface area (Å²) in [5.41, 5.74) is 2.59. The first-order valence-corrected chi connectivity index (χ1v) is 6.96. The molecule has 0 spiro atoms. The lowest BCUT2D eigenvalue weighted by Crippen LogP contribution is -2.08. The SMILES string of the molecule is CCCCCCn1c(C(=O)O)cc2cc(C)ccc21. The standard InChI is InChI=1S/C16H21NO2/c1-3-4-5-6-9-17-14-8-7-12(2)10-13(14)11-15(17)16(18)19/h7-8,10-11H,3-6,9H2,1-2H3,(H,18,19). The molecule has 0 atom stereocenters. The number of aromatic nitrogens is 1. The minimum Gasteiger partial charge on any atom is -0.477 e. The lowest BCUT2D eigenvalue weighted by molar-refractivity contribution is 0.0685. The highest BCUT2D eigenvalue weighted by Gasteiger charge is 2.14. The molecule has 0 aliphatic heterocycles. The number of hydrogen-bond acceptors (Lipinski definition) is 1. The van der Waals surface area contributed by atoms with Gasteiger partial charge in [0.2, 0.25) is 0 Å². The van der Waals surface area contributed by atoms with Crippen LogP contribution in [0.4, 0.5) is 0 Å². The number of nitrogens with zero attached hydrogens (tertiary/aromatic N) is 1. The van der Waals surface area contributed by atoms with Crippen molar-refractivity contribution >= 4 is 16.9 Å². The highest BCUT2D eigenvalue weighted by molar-refractivity contribution is 5.94. The highest BCUT2D eigenvalue weighted by atomic mass is 16.4. The topological polar surface area (TPSA) is 42.2 Å². The second kappa shape index (κ2) is 5.91. The van der Waals surface area contributed by atoms with Gasteiger partial charge in [-0.2, -0.15) is 0 Å². The van der Waals surface area contributed by atoms with E-state index < -0.39 is 5.97 Å². The Bertz CT molecular complexity index is 584. The van der Waals surface area contributed by atoms with Crippen molar-refractivity contribution in [3.8, 4) is 0 Å². The summed E-state index contributed by atoms with van der Waals surface area (Å²) in [5, 5.41) is 10.3. The molecule has 2 aromatic rings. The van der Waals surface area contributed by atoms with Crippen LogP contribution in [0.15, 0.2) is 24.3 Å². The first kappa shape index (κ1) is 13.7. The summed E-state index contributed by atoms with van der Waals surface area (Å²) < 4.78 is 1.94. The van der Waals surface area contributed by atoms with Crippen molar-refractivity contribution in [1.82, 2.24) is 4.57 Å². The third-order valence-corrected chi connectivity index (χ3v) is 3.51. The molecule has 1 N–H and O–H groups in total. The molecule has 3 nitrogen and oxygen atoms in total. The molecule has 0 radical (unpaired) electrons. The quantitative estimate of drug-likeness (QED) is 0.789. The summed E-state index contributed by atoms with van der Waals surface area (Å²) in [6.45, 7) is 4.99. The van der Waals surface area contributed by atoms with Gasteiger partial charge in [0.05, 0.1) is 0 Å². The van der Waals surface area contributed by atoms with Crippen molar-refractivity contribution in [2.24, 2.45) is 0 Å². The third kappa shape index (κ3) is 2.98. The molecule has 0 unspecified atom stereocenters. The van der Waals surface area contributed by atoms with E-state index >= 15 is 0 Å². The maximum absolute atomic E-state index is 11.3. The van der Waals surface area contributed by atoms with Crippen LogP contribution in [0.5, 0.6) is 0 Å². The Morgan fingerprint density at radius 1 is 1.21 bits per heavy atom. The number of hydrogen-bond donors (Lipinski definition) is 1. The molecule has 1 aromatic carbocycles. The molecule has 1 heterocycles. The number of unbranched alkanes of at least 4 members (excludes halogenated alkanes) is 3. The summed E-state index contributed by atoms with van der Waals surface area (Å²) in [5.74, 6) is -0.843. The van der Waals surface area contributed by atoms with Gasteiger partial charge in [-0.25, -0.2) is 4.79 Å². The van der Waals surface area contributed by atoms with E-state index in [1.165, 1.54) is 12.8 Å².